The van der Waals surface area contributed by atoms with Crippen molar-refractivity contribution in [2.24, 2.45) is 5.92 Å². The van der Waals surface area contributed by atoms with Crippen LogP contribution in [0.1, 0.15) is 31.2 Å². The molecule has 2 aliphatic rings. The van der Waals surface area contributed by atoms with Crippen molar-refractivity contribution in [3.63, 3.8) is 0 Å². The largest absolute Gasteiger partial charge is 0.352 e. The molecular weight excluding hydrogens is 290 g/mol. The minimum Gasteiger partial charge on any atom is -0.352 e. The van der Waals surface area contributed by atoms with Gasteiger partial charge in [-0.2, -0.15) is 0 Å². The van der Waals surface area contributed by atoms with E-state index in [0.717, 1.165) is 45.3 Å². The fraction of sp³-hybridized carbons (Fsp3) is 0.556. The van der Waals surface area contributed by atoms with Gasteiger partial charge in [0.25, 0.3) is 0 Å². The van der Waals surface area contributed by atoms with Crippen LogP contribution in [0, 0.1) is 5.92 Å². The molecule has 1 saturated carbocycles. The number of amides is 2. The van der Waals surface area contributed by atoms with Gasteiger partial charge >= 0.3 is 0 Å². The minimum atomic E-state index is -0.0715. The van der Waals surface area contributed by atoms with Crippen LogP contribution in [-0.4, -0.2) is 42.4 Å². The zero-order valence-electron chi connectivity index (χ0n) is 13.5. The van der Waals surface area contributed by atoms with E-state index in [1.54, 1.807) is 0 Å². The topological polar surface area (TPSA) is 61.4 Å². The van der Waals surface area contributed by atoms with E-state index >= 15 is 0 Å². The number of benzene rings is 1. The summed E-state index contributed by atoms with van der Waals surface area (Å²) in [5.41, 5.74) is 1.28. The summed E-state index contributed by atoms with van der Waals surface area (Å²) < 4.78 is 0. The first-order valence-corrected chi connectivity index (χ1v) is 8.54. The molecule has 23 heavy (non-hydrogen) atoms. The Morgan fingerprint density at radius 1 is 1.13 bits per heavy atom. The standard InChI is InChI=1S/C18H25N3O2/c22-17(20-16-8-9-16)11-19-18(23)15-7-4-10-21(13-15)12-14-5-2-1-3-6-14/h1-3,5-6,15-16H,4,7-13H2,(H,19,23)(H,20,22). The number of carbonyl (C=O) groups is 2. The minimum absolute atomic E-state index is 0.00806. The third kappa shape index (κ3) is 5.06. The van der Waals surface area contributed by atoms with Gasteiger partial charge in [-0.1, -0.05) is 30.3 Å². The molecule has 0 bridgehead atoms. The summed E-state index contributed by atoms with van der Waals surface area (Å²) in [4.78, 5) is 26.3. The Morgan fingerprint density at radius 3 is 2.65 bits per heavy atom. The first-order valence-electron chi connectivity index (χ1n) is 8.54. The maximum atomic E-state index is 12.3. The van der Waals surface area contributed by atoms with Crippen molar-refractivity contribution < 1.29 is 9.59 Å². The summed E-state index contributed by atoms with van der Waals surface area (Å²) >= 11 is 0. The fourth-order valence-electron chi connectivity index (χ4n) is 3.07. The number of carbonyl (C=O) groups excluding carboxylic acids is 2. The molecule has 0 radical (unpaired) electrons. The first-order chi connectivity index (χ1) is 11.2. The molecule has 1 aliphatic heterocycles. The lowest BCUT2D eigenvalue weighted by Crippen LogP contribution is -2.45. The molecule has 0 spiro atoms. The number of piperidine rings is 1. The molecule has 1 atom stereocenters. The van der Waals surface area contributed by atoms with E-state index in [0.29, 0.717) is 6.04 Å². The highest BCUT2D eigenvalue weighted by Gasteiger charge is 2.27. The lowest BCUT2D eigenvalue weighted by atomic mass is 9.96. The lowest BCUT2D eigenvalue weighted by Gasteiger charge is -2.32. The highest BCUT2D eigenvalue weighted by Crippen LogP contribution is 2.19. The molecule has 0 aromatic heterocycles. The Hall–Kier alpha value is -1.88. The predicted molar refractivity (Wildman–Crippen MR) is 88.6 cm³/mol. The van der Waals surface area contributed by atoms with Gasteiger partial charge in [-0.3, -0.25) is 14.5 Å². The molecule has 3 rings (SSSR count). The van der Waals surface area contributed by atoms with Crippen molar-refractivity contribution in [3.05, 3.63) is 35.9 Å². The Bertz CT molecular complexity index is 542. The molecule has 124 valence electrons. The van der Waals surface area contributed by atoms with Gasteiger partial charge < -0.3 is 10.6 Å². The van der Waals surface area contributed by atoms with Crippen molar-refractivity contribution in [1.82, 2.24) is 15.5 Å². The van der Waals surface area contributed by atoms with Gasteiger partial charge in [0.15, 0.2) is 0 Å². The van der Waals surface area contributed by atoms with E-state index in [-0.39, 0.29) is 24.3 Å². The van der Waals surface area contributed by atoms with Gasteiger partial charge in [0.2, 0.25) is 11.8 Å². The summed E-state index contributed by atoms with van der Waals surface area (Å²) in [5, 5.41) is 5.68. The van der Waals surface area contributed by atoms with Gasteiger partial charge in [-0.05, 0) is 37.8 Å². The number of hydrogen-bond acceptors (Lipinski definition) is 3. The Balaban J connectivity index is 1.43. The second kappa shape index (κ2) is 7.59. The van der Waals surface area contributed by atoms with E-state index in [4.69, 9.17) is 0 Å². The molecule has 5 heteroatoms. The molecule has 1 saturated heterocycles. The summed E-state index contributed by atoms with van der Waals surface area (Å²) in [6, 6.07) is 10.7. The van der Waals surface area contributed by atoms with Gasteiger partial charge in [0.05, 0.1) is 12.5 Å². The van der Waals surface area contributed by atoms with E-state index in [2.05, 4.69) is 27.7 Å². The molecule has 1 heterocycles. The van der Waals surface area contributed by atoms with Crippen LogP contribution in [-0.2, 0) is 16.1 Å². The number of likely N-dealkylation sites (tertiary alicyclic amines) is 1. The van der Waals surface area contributed by atoms with Crippen LogP contribution >= 0.6 is 0 Å². The molecule has 1 aliphatic carbocycles. The zero-order chi connectivity index (χ0) is 16.1. The van der Waals surface area contributed by atoms with Gasteiger partial charge in [0.1, 0.15) is 0 Å². The Kier molecular flexibility index (Phi) is 5.28. The highest BCUT2D eigenvalue weighted by atomic mass is 16.2. The van der Waals surface area contributed by atoms with Crippen LogP contribution in [0.4, 0.5) is 0 Å². The molecule has 5 nitrogen and oxygen atoms in total. The van der Waals surface area contributed by atoms with Crippen molar-refractivity contribution in [2.75, 3.05) is 19.6 Å². The van der Waals surface area contributed by atoms with E-state index in [1.807, 2.05) is 18.2 Å². The summed E-state index contributed by atoms with van der Waals surface area (Å²) in [6.45, 7) is 2.78. The van der Waals surface area contributed by atoms with Crippen LogP contribution in [0.3, 0.4) is 0 Å². The quantitative estimate of drug-likeness (QED) is 0.832. The zero-order valence-corrected chi connectivity index (χ0v) is 13.5. The normalized spacial score (nSPS) is 21.7. The van der Waals surface area contributed by atoms with Crippen molar-refractivity contribution >= 4 is 11.8 Å². The van der Waals surface area contributed by atoms with E-state index in [1.165, 1.54) is 5.56 Å². The number of nitrogens with one attached hydrogen (secondary N) is 2. The third-order valence-corrected chi connectivity index (χ3v) is 4.49. The average molecular weight is 315 g/mol. The predicted octanol–water partition coefficient (Wildman–Crippen LogP) is 1.29. The fourth-order valence-corrected chi connectivity index (χ4v) is 3.07. The van der Waals surface area contributed by atoms with Crippen LogP contribution in [0.25, 0.3) is 0 Å². The van der Waals surface area contributed by atoms with Crippen molar-refractivity contribution in [3.8, 4) is 0 Å². The van der Waals surface area contributed by atoms with E-state index in [9.17, 15) is 9.59 Å². The SMILES string of the molecule is O=C(CNC(=O)C1CCCN(Cc2ccccc2)C1)NC1CC1. The second-order valence-electron chi connectivity index (χ2n) is 6.62. The molecule has 2 N–H and O–H groups in total. The number of rotatable bonds is 6. The maximum Gasteiger partial charge on any atom is 0.239 e. The summed E-state index contributed by atoms with van der Waals surface area (Å²) in [5.74, 6) is -0.0762. The van der Waals surface area contributed by atoms with Crippen LogP contribution in [0.15, 0.2) is 30.3 Å². The summed E-state index contributed by atoms with van der Waals surface area (Å²) in [7, 11) is 0. The Labute approximate surface area is 137 Å². The lowest BCUT2D eigenvalue weighted by molar-refractivity contribution is -0.129. The second-order valence-corrected chi connectivity index (χ2v) is 6.62. The highest BCUT2D eigenvalue weighted by molar-refractivity contribution is 5.86. The third-order valence-electron chi connectivity index (χ3n) is 4.49. The molecule has 1 aromatic carbocycles. The van der Waals surface area contributed by atoms with Crippen molar-refractivity contribution in [1.29, 1.82) is 0 Å². The van der Waals surface area contributed by atoms with E-state index < -0.39 is 0 Å². The van der Waals surface area contributed by atoms with Gasteiger partial charge in [0, 0.05) is 19.1 Å². The van der Waals surface area contributed by atoms with Crippen molar-refractivity contribution in [2.45, 2.75) is 38.3 Å². The molecule has 1 unspecified atom stereocenters. The molecule has 1 aromatic rings. The molecular formula is C18H25N3O2. The van der Waals surface area contributed by atoms with Crippen LogP contribution in [0.2, 0.25) is 0 Å². The Morgan fingerprint density at radius 2 is 1.91 bits per heavy atom. The molecule has 2 fully saturated rings. The summed E-state index contributed by atoms with van der Waals surface area (Å²) in [6.07, 6.45) is 4.06. The molecule has 2 amide bonds. The number of nitrogens with zero attached hydrogens (tertiary/aromatic N) is 1. The maximum absolute atomic E-state index is 12.3. The van der Waals surface area contributed by atoms with Crippen LogP contribution < -0.4 is 10.6 Å². The average Bonchev–Trinajstić information content (AvgIpc) is 3.38. The van der Waals surface area contributed by atoms with Gasteiger partial charge in [-0.15, -0.1) is 0 Å². The smallest absolute Gasteiger partial charge is 0.239 e. The number of hydrogen-bond donors (Lipinski definition) is 2. The van der Waals surface area contributed by atoms with Gasteiger partial charge in [-0.25, -0.2) is 0 Å². The first kappa shape index (κ1) is 16.0. The monoisotopic (exact) mass is 315 g/mol. The van der Waals surface area contributed by atoms with Crippen LogP contribution in [0.5, 0.6) is 0 Å².